The first-order chi connectivity index (χ1) is 55.1. The van der Waals surface area contributed by atoms with Crippen molar-refractivity contribution in [2.24, 2.45) is 23.2 Å². The SMILES string of the molecule is C#CCC1(CNC(=O)C2CCN(c3ccc(-c4cc(OCC)cn5ncc(C#N)c45)cn3)CC2)CC1.CC#Cc1cc(F)cc(NC(=O)C2CCCN(c3ccc(-c4cc(OCC)cn5ncc(C#N)c45)cn3)C2)c1.CC#Cc1cc(NC(=O)C2CCN(c3ccc(-c4cc(OCC)cn5ncc(C#N)c45)cn3)CC2)ccn1. The summed E-state index contributed by atoms with van der Waals surface area (Å²) in [7, 11) is 0. The van der Waals surface area contributed by atoms with E-state index in [2.05, 4.69) is 98.7 Å². The first kappa shape index (κ1) is 77.3. The van der Waals surface area contributed by atoms with Gasteiger partial charge in [-0.2, -0.15) is 31.1 Å². The zero-order valence-corrected chi connectivity index (χ0v) is 63.6. The Morgan fingerprint density at radius 3 is 1.42 bits per heavy atom. The Morgan fingerprint density at radius 2 is 0.991 bits per heavy atom. The number of anilines is 5. The van der Waals surface area contributed by atoms with Crippen molar-refractivity contribution >= 4 is 63.1 Å². The third kappa shape index (κ3) is 18.2. The fourth-order valence-corrected chi connectivity index (χ4v) is 14.6. The highest BCUT2D eigenvalue weighted by atomic mass is 19.1. The molecule has 1 saturated carbocycles. The van der Waals surface area contributed by atoms with Gasteiger partial charge in [0.2, 0.25) is 17.7 Å². The first-order valence-electron chi connectivity index (χ1n) is 37.9. The molecule has 1 atom stereocenters. The number of nitrogens with one attached hydrogen (secondary N) is 3. The normalized spacial score (nSPS) is 15.0. The van der Waals surface area contributed by atoms with Crippen LogP contribution in [0, 0.1) is 99.0 Å². The molecule has 113 heavy (non-hydrogen) atoms. The maximum atomic E-state index is 14.0. The summed E-state index contributed by atoms with van der Waals surface area (Å²) >= 11 is 0. The van der Waals surface area contributed by atoms with Gasteiger partial charge in [-0.3, -0.25) is 14.4 Å². The predicted octanol–water partition coefficient (Wildman–Crippen LogP) is 13.1. The fraction of sp³-hybridized carbons (Fsp3) is 0.322. The molecule has 11 aromatic rings. The number of nitriles is 3. The minimum Gasteiger partial charge on any atom is -0.492 e. The molecule has 1 aliphatic carbocycles. The molecule has 1 unspecified atom stereocenters. The van der Waals surface area contributed by atoms with Gasteiger partial charge in [0, 0.05) is 139 Å². The molecule has 1 aromatic carbocycles. The molecular weight excluding hydrogens is 1430 g/mol. The van der Waals surface area contributed by atoms with Gasteiger partial charge in [-0.25, -0.2) is 37.9 Å². The van der Waals surface area contributed by atoms with E-state index in [9.17, 15) is 34.6 Å². The number of nitrogens with zero attached hydrogens (tertiary/aromatic N) is 16. The molecule has 26 heteroatoms. The Hall–Kier alpha value is -13.8. The molecule has 3 aliphatic heterocycles. The number of fused-ring (bicyclic) bond motifs is 3. The van der Waals surface area contributed by atoms with Crippen LogP contribution in [0.15, 0.2) is 147 Å². The molecule has 0 spiro atoms. The number of carbonyl (C=O) groups excluding carboxylic acids is 3. The van der Waals surface area contributed by atoms with Crippen LogP contribution in [-0.4, -0.2) is 132 Å². The van der Waals surface area contributed by atoms with Crippen LogP contribution in [0.3, 0.4) is 0 Å². The Morgan fingerprint density at radius 1 is 0.531 bits per heavy atom. The quantitative estimate of drug-likeness (QED) is 0.0597. The van der Waals surface area contributed by atoms with Crippen LogP contribution in [0.2, 0.25) is 0 Å². The smallest absolute Gasteiger partial charge is 0.229 e. The number of hydrogen-bond acceptors (Lipinski definition) is 19. The van der Waals surface area contributed by atoms with Gasteiger partial charge in [0.1, 0.15) is 64.4 Å². The second-order valence-corrected chi connectivity index (χ2v) is 28.0. The van der Waals surface area contributed by atoms with E-state index in [0.717, 1.165) is 152 Å². The van der Waals surface area contributed by atoms with E-state index in [4.69, 9.17) is 35.6 Å². The molecule has 10 aromatic heterocycles. The molecule has 15 rings (SSSR count). The molecule has 25 nitrogen and oxygen atoms in total. The number of terminal acetylenes is 1. The van der Waals surface area contributed by atoms with E-state index < -0.39 is 5.82 Å². The van der Waals surface area contributed by atoms with Crippen molar-refractivity contribution in [2.45, 2.75) is 92.4 Å². The van der Waals surface area contributed by atoms with Gasteiger partial charge in [-0.15, -0.1) is 18.3 Å². The number of hydrogen-bond donors (Lipinski definition) is 3. The molecule has 3 saturated heterocycles. The first-order valence-corrected chi connectivity index (χ1v) is 37.9. The topological polar surface area (TPSA) is 300 Å². The molecule has 0 radical (unpaired) electrons. The summed E-state index contributed by atoms with van der Waals surface area (Å²) in [5.41, 5.74) is 11.1. The van der Waals surface area contributed by atoms with Crippen LogP contribution >= 0.6 is 0 Å². The van der Waals surface area contributed by atoms with Crippen LogP contribution in [0.1, 0.15) is 120 Å². The van der Waals surface area contributed by atoms with Gasteiger partial charge in [0.25, 0.3) is 0 Å². The van der Waals surface area contributed by atoms with Crippen LogP contribution in [0.4, 0.5) is 33.2 Å². The monoisotopic (exact) mass is 1510 g/mol. The van der Waals surface area contributed by atoms with Gasteiger partial charge in [-0.05, 0) is 182 Å². The largest absolute Gasteiger partial charge is 0.492 e. The Kier molecular flexibility index (Phi) is 24.4. The van der Waals surface area contributed by atoms with Crippen molar-refractivity contribution in [2.75, 3.05) is 91.0 Å². The minimum absolute atomic E-state index is 0.0156. The van der Waals surface area contributed by atoms with E-state index >= 15 is 0 Å². The van der Waals surface area contributed by atoms with Crippen molar-refractivity contribution in [1.82, 2.24) is 54.1 Å². The maximum Gasteiger partial charge on any atom is 0.229 e. The number of amides is 3. The summed E-state index contributed by atoms with van der Waals surface area (Å²) in [6.07, 6.45) is 30.1. The Labute approximate surface area is 654 Å². The fourth-order valence-electron chi connectivity index (χ4n) is 14.6. The van der Waals surface area contributed by atoms with Crippen molar-refractivity contribution in [3.63, 3.8) is 0 Å². The molecular formula is C87H84FN19O6. The van der Waals surface area contributed by atoms with Gasteiger partial charge < -0.3 is 44.9 Å². The summed E-state index contributed by atoms with van der Waals surface area (Å²) in [6, 6.07) is 32.1. The lowest BCUT2D eigenvalue weighted by molar-refractivity contribution is -0.126. The van der Waals surface area contributed by atoms with Crippen LogP contribution < -0.4 is 44.9 Å². The lowest BCUT2D eigenvalue weighted by Gasteiger charge is -2.33. The summed E-state index contributed by atoms with van der Waals surface area (Å²) in [6.45, 7) is 15.8. The second kappa shape index (κ2) is 35.7. The molecule has 4 fully saturated rings. The third-order valence-corrected chi connectivity index (χ3v) is 20.5. The lowest BCUT2D eigenvalue weighted by Crippen LogP contribution is -2.42. The summed E-state index contributed by atoms with van der Waals surface area (Å²) in [5.74, 6) is 17.8. The number of aromatic nitrogens is 10. The zero-order chi connectivity index (χ0) is 79.0. The predicted molar refractivity (Wildman–Crippen MR) is 429 cm³/mol. The van der Waals surface area contributed by atoms with Crippen LogP contribution in [0.25, 0.3) is 49.9 Å². The Bertz CT molecular complexity index is 5630. The number of pyridine rings is 7. The van der Waals surface area contributed by atoms with E-state index in [0.29, 0.717) is 95.0 Å². The van der Waals surface area contributed by atoms with Crippen molar-refractivity contribution < 1.29 is 33.0 Å². The standard InChI is InChI=1S/C30H27FN6O2.C29H27N7O2.C28H30N6O2/c1-3-6-20-11-24(31)13-25(12-20)35-30(38)22-7-5-10-36(18-22)28-9-8-21(16-33-28)27-14-26(39-4-2)19-37-29(27)23(15-32)17-34-37;1-3-5-23-14-24(8-11-31-23)34-29(37)20-9-12-35(13-10-20)27-7-6-21(17-32-27)26-15-25(38-4-2)19-36-28(26)22(16-30)18-33-36;1-3-9-28(10-11-28)19-31-27(35)20-7-12-33(13-8-20)25-6-5-21(16-30-25)24-14-23(36-4-2)18-34-26(24)22(15-29)17-32-34/h8-9,11-14,16-17,19,22H,4-5,7,10,18H2,1-2H3,(H,35,38);6-8,11,14-15,17-20H,4,9-10,12-13H2,1-2H3,(H,31,34,37);1,5-6,14,16-18,20H,4,7-13,19H2,2H3,(H,31,35). The van der Waals surface area contributed by atoms with E-state index in [1.807, 2.05) is 87.8 Å². The highest BCUT2D eigenvalue weighted by molar-refractivity contribution is 5.94. The van der Waals surface area contributed by atoms with Gasteiger partial charge in [-0.1, -0.05) is 11.8 Å². The lowest BCUT2D eigenvalue weighted by atomic mass is 9.95. The van der Waals surface area contributed by atoms with Gasteiger partial charge in [0.15, 0.2) is 0 Å². The molecule has 0 bridgehead atoms. The highest BCUT2D eigenvalue weighted by Crippen LogP contribution is 2.48. The molecule has 3 N–H and O–H groups in total. The highest BCUT2D eigenvalue weighted by Gasteiger charge is 2.42. The van der Waals surface area contributed by atoms with Crippen molar-refractivity contribution in [1.29, 1.82) is 15.8 Å². The number of carbonyl (C=O) groups is 3. The summed E-state index contributed by atoms with van der Waals surface area (Å²) in [5, 5.41) is 50.6. The second-order valence-electron chi connectivity index (χ2n) is 28.0. The summed E-state index contributed by atoms with van der Waals surface area (Å²) < 4.78 is 36.1. The number of halogens is 1. The van der Waals surface area contributed by atoms with Crippen LogP contribution in [-0.2, 0) is 14.4 Å². The molecule has 3 amide bonds. The van der Waals surface area contributed by atoms with Crippen molar-refractivity contribution in [3.8, 4) is 105 Å². The molecule has 570 valence electrons. The number of ether oxygens (including phenoxy) is 3. The average Bonchev–Trinajstić information content (AvgIpc) is 1.69. The van der Waals surface area contributed by atoms with E-state index in [1.165, 1.54) is 18.3 Å². The van der Waals surface area contributed by atoms with Gasteiger partial charge >= 0.3 is 0 Å². The van der Waals surface area contributed by atoms with Gasteiger partial charge in [0.05, 0.1) is 96.2 Å². The van der Waals surface area contributed by atoms with E-state index in [-0.39, 0.29) is 40.9 Å². The molecule has 13 heterocycles. The maximum absolute atomic E-state index is 14.0. The summed E-state index contributed by atoms with van der Waals surface area (Å²) in [4.78, 5) is 63.4. The average molecular weight is 1510 g/mol. The minimum atomic E-state index is -0.443. The van der Waals surface area contributed by atoms with Crippen LogP contribution in [0.5, 0.6) is 17.2 Å². The van der Waals surface area contributed by atoms with E-state index in [1.54, 1.807) is 89.0 Å². The zero-order valence-electron chi connectivity index (χ0n) is 63.6. The molecule has 4 aliphatic rings. The third-order valence-electron chi connectivity index (χ3n) is 20.5. The number of benzene rings is 1. The van der Waals surface area contributed by atoms with Crippen molar-refractivity contribution in [3.05, 3.63) is 181 Å². The Balaban J connectivity index is 0.000000148. The number of rotatable bonds is 20. The number of piperidine rings is 3.